The van der Waals surface area contributed by atoms with Crippen LogP contribution in [0.4, 0.5) is 11.4 Å². The lowest BCUT2D eigenvalue weighted by Gasteiger charge is -2.11. The van der Waals surface area contributed by atoms with E-state index in [9.17, 15) is 19.7 Å². The van der Waals surface area contributed by atoms with Crippen molar-refractivity contribution < 1.29 is 14.5 Å². The number of nitro groups is 1. The average Bonchev–Trinajstić information content (AvgIpc) is 3.26. The zero-order valence-electron chi connectivity index (χ0n) is 16.4. The van der Waals surface area contributed by atoms with Crippen molar-refractivity contribution in [2.45, 2.75) is 19.3 Å². The van der Waals surface area contributed by atoms with Crippen molar-refractivity contribution in [2.24, 2.45) is 5.10 Å². The van der Waals surface area contributed by atoms with Crippen molar-refractivity contribution in [2.75, 3.05) is 25.0 Å². The molecule has 1 aliphatic rings. The van der Waals surface area contributed by atoms with Crippen molar-refractivity contribution in [1.82, 2.24) is 10.3 Å². The van der Waals surface area contributed by atoms with Gasteiger partial charge in [-0.15, -0.1) is 0 Å². The Morgan fingerprint density at radius 3 is 2.53 bits per heavy atom. The number of benzene rings is 2. The molecule has 2 N–H and O–H groups in total. The molecule has 9 nitrogen and oxygen atoms in total. The molecule has 9 heteroatoms. The Labute approximate surface area is 173 Å². The first-order chi connectivity index (χ1) is 14.5. The van der Waals surface area contributed by atoms with Crippen LogP contribution in [0.1, 0.15) is 24.8 Å². The van der Waals surface area contributed by atoms with Crippen LogP contribution in [0.5, 0.6) is 0 Å². The van der Waals surface area contributed by atoms with Crippen molar-refractivity contribution in [1.29, 1.82) is 0 Å². The fourth-order valence-electron chi connectivity index (χ4n) is 3.09. The predicted molar refractivity (Wildman–Crippen MR) is 113 cm³/mol. The molecule has 0 atom stereocenters. The van der Waals surface area contributed by atoms with Gasteiger partial charge < -0.3 is 10.6 Å². The number of para-hydroxylation sites is 2. The van der Waals surface area contributed by atoms with Crippen LogP contribution < -0.4 is 10.6 Å². The molecular weight excluding hydrogens is 386 g/mol. The van der Waals surface area contributed by atoms with E-state index in [1.54, 1.807) is 18.2 Å². The van der Waals surface area contributed by atoms with Crippen LogP contribution in [-0.2, 0) is 9.59 Å². The van der Waals surface area contributed by atoms with Gasteiger partial charge >= 0.3 is 0 Å². The number of carbonyl (C=O) groups is 2. The van der Waals surface area contributed by atoms with Gasteiger partial charge in [0.1, 0.15) is 5.69 Å². The molecular formula is C21H23N5O4. The van der Waals surface area contributed by atoms with E-state index in [0.717, 1.165) is 11.3 Å². The Hall–Kier alpha value is -3.75. The first-order valence-corrected chi connectivity index (χ1v) is 9.72. The molecule has 0 fully saturated rings. The number of amides is 2. The Balaban J connectivity index is 1.37. The summed E-state index contributed by atoms with van der Waals surface area (Å²) in [6.45, 7) is 1.14. The Morgan fingerprint density at radius 2 is 1.77 bits per heavy atom. The minimum Gasteiger partial charge on any atom is -0.378 e. The van der Waals surface area contributed by atoms with Crippen LogP contribution in [0.25, 0.3) is 0 Å². The molecule has 2 aromatic rings. The van der Waals surface area contributed by atoms with Crippen molar-refractivity contribution >= 4 is 28.9 Å². The van der Waals surface area contributed by atoms with Crippen LogP contribution in [0.2, 0.25) is 0 Å². The number of anilines is 1. The molecule has 3 rings (SSSR count). The third-order valence-electron chi connectivity index (χ3n) is 4.63. The minimum absolute atomic E-state index is 0.0181. The third-order valence-corrected chi connectivity index (χ3v) is 4.63. The molecule has 0 saturated carbocycles. The Morgan fingerprint density at radius 1 is 1.03 bits per heavy atom. The fraction of sp³-hybridized carbons (Fsp3) is 0.286. The average molecular weight is 409 g/mol. The molecule has 0 bridgehead atoms. The van der Waals surface area contributed by atoms with Gasteiger partial charge in [-0.3, -0.25) is 19.7 Å². The van der Waals surface area contributed by atoms with Gasteiger partial charge in [-0.25, -0.2) is 5.01 Å². The first-order valence-electron chi connectivity index (χ1n) is 9.72. The lowest BCUT2D eigenvalue weighted by atomic mass is 10.1. The van der Waals surface area contributed by atoms with E-state index in [2.05, 4.69) is 15.7 Å². The molecule has 1 heterocycles. The van der Waals surface area contributed by atoms with Crippen LogP contribution in [-0.4, -0.2) is 47.1 Å². The summed E-state index contributed by atoms with van der Waals surface area (Å²) in [6, 6.07) is 16.0. The van der Waals surface area contributed by atoms with E-state index >= 15 is 0 Å². The lowest BCUT2D eigenvalue weighted by molar-refractivity contribution is -0.384. The number of nitrogens with one attached hydrogen (secondary N) is 2. The second kappa shape index (κ2) is 10.1. The van der Waals surface area contributed by atoms with Crippen LogP contribution in [0, 0.1) is 10.1 Å². The summed E-state index contributed by atoms with van der Waals surface area (Å²) in [5.41, 5.74) is 2.25. The van der Waals surface area contributed by atoms with Gasteiger partial charge in [0.25, 0.3) is 5.69 Å². The number of hydrogen-bond donors (Lipinski definition) is 2. The maximum Gasteiger partial charge on any atom is 0.292 e. The molecule has 2 aromatic carbocycles. The van der Waals surface area contributed by atoms with Gasteiger partial charge in [-0.05, 0) is 11.6 Å². The quantitative estimate of drug-likeness (QED) is 0.375. The van der Waals surface area contributed by atoms with Crippen molar-refractivity contribution in [3.05, 3.63) is 70.3 Å². The summed E-state index contributed by atoms with van der Waals surface area (Å²) >= 11 is 0. The summed E-state index contributed by atoms with van der Waals surface area (Å²) in [5, 5.41) is 22.4. The predicted octanol–water partition coefficient (Wildman–Crippen LogP) is 2.54. The second-order valence-corrected chi connectivity index (χ2v) is 6.73. The number of rotatable bonds is 9. The normalized spacial score (nSPS) is 12.9. The number of hydrogen-bond acceptors (Lipinski definition) is 6. The van der Waals surface area contributed by atoms with Gasteiger partial charge in [0.15, 0.2) is 0 Å². The lowest BCUT2D eigenvalue weighted by Crippen LogP contribution is -2.30. The van der Waals surface area contributed by atoms with Crippen LogP contribution >= 0.6 is 0 Å². The topological polar surface area (TPSA) is 117 Å². The van der Waals surface area contributed by atoms with E-state index in [-0.39, 0.29) is 30.3 Å². The summed E-state index contributed by atoms with van der Waals surface area (Å²) in [7, 11) is 0. The van der Waals surface area contributed by atoms with Crippen molar-refractivity contribution in [3.8, 4) is 0 Å². The monoisotopic (exact) mass is 409 g/mol. The minimum atomic E-state index is -0.462. The standard InChI is InChI=1S/C21H23N5O4/c27-20(23-14-13-22-18-8-4-5-9-19(18)26(29)30)10-11-21(28)25-15-12-17(24-25)16-6-2-1-3-7-16/h1-9,22H,10-15H2,(H,23,27). The summed E-state index contributed by atoms with van der Waals surface area (Å²) in [4.78, 5) is 34.8. The highest BCUT2D eigenvalue weighted by molar-refractivity contribution is 6.02. The maximum absolute atomic E-state index is 12.3. The SMILES string of the molecule is O=C(CCC(=O)N1CCC(c2ccccc2)=N1)NCCNc1ccccc1[N+](=O)[O-]. The molecule has 0 unspecified atom stereocenters. The maximum atomic E-state index is 12.3. The van der Waals surface area contributed by atoms with Gasteiger partial charge in [-0.2, -0.15) is 5.10 Å². The molecule has 30 heavy (non-hydrogen) atoms. The number of carbonyl (C=O) groups excluding carboxylic acids is 2. The summed E-state index contributed by atoms with van der Waals surface area (Å²) in [5.74, 6) is -0.437. The second-order valence-electron chi connectivity index (χ2n) is 6.73. The van der Waals surface area contributed by atoms with Gasteiger partial charge in [0, 0.05) is 38.4 Å². The van der Waals surface area contributed by atoms with Crippen molar-refractivity contribution in [3.63, 3.8) is 0 Å². The first kappa shape index (κ1) is 21.0. The zero-order valence-corrected chi connectivity index (χ0v) is 16.4. The van der Waals surface area contributed by atoms with E-state index in [4.69, 9.17) is 0 Å². The number of hydrazone groups is 1. The molecule has 0 spiro atoms. The molecule has 0 radical (unpaired) electrons. The third kappa shape index (κ3) is 5.63. The fourth-order valence-corrected chi connectivity index (χ4v) is 3.09. The van der Waals surface area contributed by atoms with E-state index in [1.807, 2.05) is 30.3 Å². The molecule has 0 aliphatic carbocycles. The summed E-state index contributed by atoms with van der Waals surface area (Å²) in [6.07, 6.45) is 0.839. The highest BCUT2D eigenvalue weighted by Crippen LogP contribution is 2.22. The van der Waals surface area contributed by atoms with E-state index in [0.29, 0.717) is 31.7 Å². The van der Waals surface area contributed by atoms with Gasteiger partial charge in [-0.1, -0.05) is 42.5 Å². The summed E-state index contributed by atoms with van der Waals surface area (Å²) < 4.78 is 0. The highest BCUT2D eigenvalue weighted by atomic mass is 16.6. The van der Waals surface area contributed by atoms with E-state index < -0.39 is 4.92 Å². The van der Waals surface area contributed by atoms with E-state index in [1.165, 1.54) is 11.1 Å². The Kier molecular flexibility index (Phi) is 7.09. The molecule has 1 aliphatic heterocycles. The molecule has 0 aromatic heterocycles. The molecule has 0 saturated heterocycles. The largest absolute Gasteiger partial charge is 0.378 e. The van der Waals surface area contributed by atoms with Crippen LogP contribution in [0.15, 0.2) is 59.7 Å². The van der Waals surface area contributed by atoms with Gasteiger partial charge in [0.2, 0.25) is 11.8 Å². The zero-order chi connectivity index (χ0) is 21.3. The van der Waals surface area contributed by atoms with Gasteiger partial charge in [0.05, 0.1) is 17.2 Å². The van der Waals surface area contributed by atoms with Crippen LogP contribution in [0.3, 0.4) is 0 Å². The molecule has 156 valence electrons. The number of nitrogens with zero attached hydrogens (tertiary/aromatic N) is 3. The highest BCUT2D eigenvalue weighted by Gasteiger charge is 2.21. The molecule has 2 amide bonds. The smallest absolute Gasteiger partial charge is 0.292 e. The Bertz CT molecular complexity index is 945. The number of nitro benzene ring substituents is 1.